The fraction of sp³-hybridized carbons (Fsp3) is 0.308. The normalized spacial score (nSPS) is 15.3. The Labute approximate surface area is 572 Å². The number of hydrogen-bond donors (Lipinski definition) is 3. The number of nitrogens with zero attached hydrogens (tertiary/aromatic N) is 9. The SMILES string of the molecule is CC(C)(C)OC(=O)N1CCC(Oc2cc3nc(Nc4cccc(I)c4)ncc3cc2Br)CC1.CC1(C)OB(c2cccnc2)OC1(C)C.[Zn+][Br].[c-]1nccs1.c1cncc(-c2cccc(Nc3ncc4cc(-c5nccs5)c(OC5CCNCC5)cc4n3)c2)c1. The second-order valence-electron chi connectivity index (χ2n) is 22.9. The molecule has 25 heteroatoms. The van der Waals surface area contributed by atoms with E-state index in [1.165, 1.54) is 27.7 Å². The zero-order chi connectivity index (χ0) is 63.7. The summed E-state index contributed by atoms with van der Waals surface area (Å²) < 4.78 is 32.0. The van der Waals surface area contributed by atoms with Gasteiger partial charge in [-0.15, -0.1) is 22.9 Å². The first kappa shape index (κ1) is 68.2. The summed E-state index contributed by atoms with van der Waals surface area (Å²) in [5.41, 5.74) is 9.16. The minimum Gasteiger partial charge on any atom is -0.490 e. The Hall–Kier alpha value is -6.15. The van der Waals surface area contributed by atoms with E-state index in [4.69, 9.17) is 28.5 Å². The van der Waals surface area contributed by atoms with Crippen molar-refractivity contribution >= 4 is 139 Å². The summed E-state index contributed by atoms with van der Waals surface area (Å²) in [6, 6.07) is 32.0. The van der Waals surface area contributed by atoms with E-state index < -0.39 is 5.60 Å². The Balaban J connectivity index is 0.000000161. The van der Waals surface area contributed by atoms with Crippen LogP contribution >= 0.6 is 74.8 Å². The van der Waals surface area contributed by atoms with Crippen molar-refractivity contribution in [3.05, 3.63) is 171 Å². The zero-order valence-corrected chi connectivity index (χ0v) is 61.0. The van der Waals surface area contributed by atoms with Crippen LogP contribution in [0, 0.1) is 9.08 Å². The van der Waals surface area contributed by atoms with Crippen molar-refractivity contribution in [1.82, 2.24) is 50.1 Å². The number of aromatic nitrogens is 8. The number of amides is 1. The van der Waals surface area contributed by atoms with E-state index in [1.807, 2.05) is 157 Å². The summed E-state index contributed by atoms with van der Waals surface area (Å²) in [7, 11) is -0.302. The van der Waals surface area contributed by atoms with Gasteiger partial charge < -0.3 is 49.4 Å². The Morgan fingerprint density at radius 1 is 0.722 bits per heavy atom. The fourth-order valence-corrected chi connectivity index (χ4v) is 11.4. The first-order chi connectivity index (χ1) is 43.4. The maximum Gasteiger partial charge on any atom is 0.227 e. The van der Waals surface area contributed by atoms with Gasteiger partial charge in [0.25, 0.3) is 0 Å². The average molecular weight is 1540 g/mol. The molecule has 13 rings (SSSR count). The van der Waals surface area contributed by atoms with Crippen LogP contribution in [0.5, 0.6) is 11.5 Å². The number of benzene rings is 4. The average Bonchev–Trinajstić information content (AvgIpc) is 1.51. The van der Waals surface area contributed by atoms with Crippen LogP contribution in [-0.4, -0.2) is 113 Å². The van der Waals surface area contributed by atoms with E-state index in [-0.39, 0.29) is 36.6 Å². The van der Waals surface area contributed by atoms with Crippen molar-refractivity contribution in [2.45, 2.75) is 103 Å². The molecular weight excluding hydrogens is 1470 g/mol. The second kappa shape index (κ2) is 32.4. The van der Waals surface area contributed by atoms with Gasteiger partial charge in [0.1, 0.15) is 34.3 Å². The molecule has 3 N–H and O–H groups in total. The molecule has 4 aromatic carbocycles. The monoisotopic (exact) mass is 1540 g/mol. The summed E-state index contributed by atoms with van der Waals surface area (Å²) in [5.74, 6) is 2.62. The maximum atomic E-state index is 12.3. The first-order valence-corrected chi connectivity index (χ1v) is 39.7. The fourth-order valence-electron chi connectivity index (χ4n) is 9.46. The van der Waals surface area contributed by atoms with Crippen LogP contribution < -0.4 is 30.9 Å². The molecule has 3 saturated heterocycles. The Morgan fingerprint density at radius 2 is 1.33 bits per heavy atom. The topological polar surface area (TPSA) is 206 Å². The minimum atomic E-state index is -0.491. The van der Waals surface area contributed by atoms with Crippen molar-refractivity contribution < 1.29 is 44.7 Å². The number of carbonyl (C=O) groups excluding carboxylic acids is 1. The van der Waals surface area contributed by atoms with E-state index in [2.05, 4.69) is 127 Å². The van der Waals surface area contributed by atoms with Crippen molar-refractivity contribution in [2.24, 2.45) is 0 Å². The van der Waals surface area contributed by atoms with E-state index in [9.17, 15) is 4.79 Å². The summed E-state index contributed by atoms with van der Waals surface area (Å²) in [6.45, 7) is 17.0. The van der Waals surface area contributed by atoms with Gasteiger partial charge in [-0.2, -0.15) is 0 Å². The summed E-state index contributed by atoms with van der Waals surface area (Å²) >= 11 is 13.2. The van der Waals surface area contributed by atoms with E-state index in [0.717, 1.165) is 119 Å². The van der Waals surface area contributed by atoms with Gasteiger partial charge in [0.05, 0.1) is 32.3 Å². The van der Waals surface area contributed by atoms with Crippen LogP contribution in [0.15, 0.2) is 162 Å². The third-order valence-electron chi connectivity index (χ3n) is 14.7. The largest absolute Gasteiger partial charge is 0.490 e. The van der Waals surface area contributed by atoms with Crippen molar-refractivity contribution in [1.29, 1.82) is 0 Å². The number of likely N-dealkylation sites (tertiary alicyclic amines) is 1. The maximum absolute atomic E-state index is 12.3. The third-order valence-corrected chi connectivity index (χ3v) is 17.2. The molecule has 6 aromatic heterocycles. The number of anilines is 4. The van der Waals surface area contributed by atoms with Gasteiger partial charge in [0.15, 0.2) is 0 Å². The molecule has 18 nitrogen and oxygen atoms in total. The van der Waals surface area contributed by atoms with Gasteiger partial charge in [-0.25, -0.2) is 29.7 Å². The number of fused-ring (bicyclic) bond motifs is 2. The van der Waals surface area contributed by atoms with Gasteiger partial charge in [-0.1, -0.05) is 30.3 Å². The van der Waals surface area contributed by atoms with Gasteiger partial charge in [0.2, 0.25) is 11.9 Å². The third kappa shape index (κ3) is 19.5. The number of rotatable bonds is 11. The van der Waals surface area contributed by atoms with Crippen LogP contribution in [0.1, 0.15) is 74.1 Å². The summed E-state index contributed by atoms with van der Waals surface area (Å²) in [5, 5.41) is 16.7. The minimum absolute atomic E-state index is 0.0169. The zero-order valence-electron chi connectivity index (χ0n) is 51.0. The quantitative estimate of drug-likeness (QED) is 0.0625. The van der Waals surface area contributed by atoms with Crippen molar-refractivity contribution in [3.8, 4) is 33.2 Å². The van der Waals surface area contributed by atoms with E-state index >= 15 is 0 Å². The molecule has 3 aliphatic heterocycles. The van der Waals surface area contributed by atoms with Gasteiger partial charge in [0, 0.05) is 124 Å². The van der Waals surface area contributed by atoms with Crippen LogP contribution in [0.3, 0.4) is 0 Å². The van der Waals surface area contributed by atoms with Crippen molar-refractivity contribution in [3.63, 3.8) is 0 Å². The predicted octanol–water partition coefficient (Wildman–Crippen LogP) is 15.4. The van der Waals surface area contributed by atoms with Crippen LogP contribution in [0.25, 0.3) is 43.5 Å². The van der Waals surface area contributed by atoms with Gasteiger partial charge >= 0.3 is 43.2 Å². The Bertz CT molecular complexity index is 3860. The molecule has 0 spiro atoms. The number of pyridine rings is 2. The number of carbonyl (C=O) groups is 1. The van der Waals surface area contributed by atoms with Gasteiger partial charge in [-0.3, -0.25) is 21.3 Å². The number of hydrogen-bond acceptors (Lipinski definition) is 19. The molecule has 0 bridgehead atoms. The smallest absolute Gasteiger partial charge is 0.227 e. The Kier molecular flexibility index (Phi) is 24.6. The second-order valence-corrected chi connectivity index (χ2v) is 26.6. The van der Waals surface area contributed by atoms with Crippen molar-refractivity contribution in [2.75, 3.05) is 36.8 Å². The van der Waals surface area contributed by atoms with E-state index in [1.54, 1.807) is 47.2 Å². The first-order valence-electron chi connectivity index (χ1n) is 29.2. The Morgan fingerprint density at radius 3 is 1.91 bits per heavy atom. The molecule has 1 amide bonds. The van der Waals surface area contributed by atoms with Gasteiger partial charge in [-0.05, 0) is 179 Å². The van der Waals surface area contributed by atoms with Crippen LogP contribution in [-0.2, 0) is 30.4 Å². The van der Waals surface area contributed by atoms with E-state index in [0.29, 0.717) is 25.0 Å². The molecule has 0 unspecified atom stereocenters. The van der Waals surface area contributed by atoms with Crippen LogP contribution in [0.2, 0.25) is 0 Å². The molecule has 90 heavy (non-hydrogen) atoms. The number of nitrogens with one attached hydrogen (secondary N) is 3. The molecule has 10 aromatic rings. The number of piperidine rings is 2. The molecule has 0 aliphatic carbocycles. The number of thiazole rings is 2. The molecule has 3 aliphatic rings. The predicted molar refractivity (Wildman–Crippen MR) is 371 cm³/mol. The molecule has 3 fully saturated rings. The van der Waals surface area contributed by atoms with Crippen LogP contribution in [0.4, 0.5) is 28.1 Å². The standard InChI is InChI=1S/C27H24N6OS.C24H26BrIN4O3.C11H16BNO2.C3H2NS.BrH.Zn/c1-3-18(19-4-2-8-29-16-19)13-21(5-1)32-27-31-17-20-14-23(26-30-11-12-35-26)25(15-24(20)33-27)34-22-6-9-28-10-7-22;1-24(2,3)33-23(31)30-9-7-18(8-10-30)32-21-13-20-15(11-19(21)25)14-27-22(29-20)28-17-6-4-5-16(26)12-17;1-10(2)11(3,4)15-12(14-10)9-6-5-7-13-8-9;1-2-5-3-4-1;;/h1-5,8,11-17,22,28H,6-7,9-10H2,(H,31,32,33);4-6,11-14,18H,7-10H2,1-3H3,(H,27,28,29);5-8H,1-4H3;1-2H;1H;/q;;;-1;;+2/p-1. The summed E-state index contributed by atoms with van der Waals surface area (Å²) in [6.07, 6.45) is 17.7. The molecule has 0 radical (unpaired) electrons. The molecule has 0 atom stereocenters. The summed E-state index contributed by atoms with van der Waals surface area (Å²) in [4.78, 5) is 48.9. The molecular formula is C65H68BBr2IN12O6S2Zn. The molecule has 0 saturated carbocycles. The molecule has 462 valence electrons. The number of ether oxygens (including phenoxy) is 3. The number of halogens is 3. The molecule has 9 heterocycles.